The molecule has 0 aromatic rings. The van der Waals surface area contributed by atoms with E-state index < -0.39 is 6.10 Å². The fraction of sp³-hybridized carbons (Fsp3) is 0.889. The van der Waals surface area contributed by atoms with E-state index in [0.717, 1.165) is 0 Å². The van der Waals surface area contributed by atoms with Crippen LogP contribution in [0.2, 0.25) is 0 Å². The van der Waals surface area contributed by atoms with Gasteiger partial charge in [0.25, 0.3) is 0 Å². The monoisotopic (exact) mass is 206 g/mol. The van der Waals surface area contributed by atoms with Gasteiger partial charge in [0.1, 0.15) is 6.10 Å². The lowest BCUT2D eigenvalue weighted by Crippen LogP contribution is -2.29. The molecule has 0 heterocycles. The van der Waals surface area contributed by atoms with Crippen LogP contribution in [0.4, 0.5) is 0 Å². The van der Waals surface area contributed by atoms with Crippen LogP contribution < -0.4 is 0 Å². The molecular formula is C9H18O3S. The molecule has 13 heavy (non-hydrogen) atoms. The van der Waals surface area contributed by atoms with Gasteiger partial charge in [0.2, 0.25) is 0 Å². The molecular weight excluding hydrogens is 188 g/mol. The van der Waals surface area contributed by atoms with Crippen LogP contribution >= 0.6 is 12.2 Å². The Morgan fingerprint density at radius 3 is 2.31 bits per heavy atom. The van der Waals surface area contributed by atoms with Gasteiger partial charge in [0.15, 0.2) is 0 Å². The second kappa shape index (κ2) is 6.16. The predicted octanol–water partition coefficient (Wildman–Crippen LogP) is 1.73. The Morgan fingerprint density at radius 2 is 1.92 bits per heavy atom. The van der Waals surface area contributed by atoms with Crippen molar-refractivity contribution in [2.24, 2.45) is 5.92 Å². The van der Waals surface area contributed by atoms with Gasteiger partial charge in [-0.2, -0.15) is 0 Å². The van der Waals surface area contributed by atoms with Crippen molar-refractivity contribution < 1.29 is 14.6 Å². The number of aliphatic hydroxyl groups is 1. The summed E-state index contributed by atoms with van der Waals surface area (Å²) in [5.74, 6) is 0.0402. The Bertz CT molecular complexity index is 159. The third kappa shape index (κ3) is 5.05. The van der Waals surface area contributed by atoms with Crippen LogP contribution in [0.1, 0.15) is 27.7 Å². The molecule has 0 fully saturated rings. The average molecular weight is 206 g/mol. The molecule has 0 aliphatic heterocycles. The zero-order valence-electron chi connectivity index (χ0n) is 8.61. The number of rotatable bonds is 4. The fourth-order valence-electron chi connectivity index (χ4n) is 0.803. The van der Waals surface area contributed by atoms with Crippen LogP contribution in [0.25, 0.3) is 0 Å². The highest BCUT2D eigenvalue weighted by molar-refractivity contribution is 7.79. The molecule has 1 N–H and O–H groups in total. The minimum absolute atomic E-state index is 0.0402. The van der Waals surface area contributed by atoms with Crippen molar-refractivity contribution in [1.82, 2.24) is 0 Å². The van der Waals surface area contributed by atoms with Crippen molar-refractivity contribution in [2.75, 3.05) is 6.61 Å². The molecule has 0 aliphatic carbocycles. The van der Waals surface area contributed by atoms with Crippen molar-refractivity contribution in [3.05, 3.63) is 0 Å². The van der Waals surface area contributed by atoms with Gasteiger partial charge in [0.05, 0.1) is 12.7 Å². The molecule has 0 amide bonds. The van der Waals surface area contributed by atoms with Crippen molar-refractivity contribution in [3.8, 4) is 0 Å². The molecule has 0 aliphatic rings. The molecule has 0 bridgehead atoms. The second-order valence-corrected chi connectivity index (χ2v) is 3.44. The first-order chi connectivity index (χ1) is 5.99. The number of thiocarbonyl (C=S) groups is 1. The third-order valence-corrected chi connectivity index (χ3v) is 2.26. The first kappa shape index (κ1) is 12.7. The highest BCUT2D eigenvalue weighted by Crippen LogP contribution is 2.12. The maximum absolute atomic E-state index is 9.27. The molecule has 0 aromatic heterocycles. The number of hydrogen-bond acceptors (Lipinski definition) is 4. The van der Waals surface area contributed by atoms with Gasteiger partial charge in [-0.3, -0.25) is 0 Å². The van der Waals surface area contributed by atoms with E-state index in [-0.39, 0.29) is 17.3 Å². The van der Waals surface area contributed by atoms with Crippen molar-refractivity contribution >= 4 is 17.5 Å². The summed E-state index contributed by atoms with van der Waals surface area (Å²) in [4.78, 5) is 0. The molecule has 3 atom stereocenters. The molecule has 0 aromatic carbocycles. The molecule has 0 spiro atoms. The van der Waals surface area contributed by atoms with E-state index in [9.17, 15) is 5.11 Å². The van der Waals surface area contributed by atoms with Crippen LogP contribution in [-0.4, -0.2) is 29.2 Å². The minimum atomic E-state index is -0.403. The van der Waals surface area contributed by atoms with Gasteiger partial charge in [0, 0.05) is 18.1 Å². The number of aliphatic hydroxyl groups excluding tert-OH is 1. The van der Waals surface area contributed by atoms with Crippen LogP contribution in [0.15, 0.2) is 0 Å². The standard InChI is InChI=1S/C9H18O3S/c1-5-11-9(13)12-8(4)6(2)7(3)10/h6-8,10H,5H2,1-4H3/t6?,7-,8?/m0/s1. The third-order valence-electron chi connectivity index (χ3n) is 2.05. The maximum atomic E-state index is 9.27. The maximum Gasteiger partial charge on any atom is 0.352 e. The second-order valence-electron chi connectivity index (χ2n) is 3.11. The summed E-state index contributed by atoms with van der Waals surface area (Å²) in [6.45, 7) is 7.86. The van der Waals surface area contributed by atoms with E-state index in [2.05, 4.69) is 0 Å². The van der Waals surface area contributed by atoms with E-state index in [1.807, 2.05) is 20.8 Å². The first-order valence-corrected chi connectivity index (χ1v) is 4.91. The molecule has 0 radical (unpaired) electrons. The average Bonchev–Trinajstić information content (AvgIpc) is 2.03. The SMILES string of the molecule is CCOC(=S)OC(C)C(C)[C@H](C)O. The zero-order valence-corrected chi connectivity index (χ0v) is 9.43. The van der Waals surface area contributed by atoms with E-state index in [0.29, 0.717) is 6.61 Å². The van der Waals surface area contributed by atoms with Crippen molar-refractivity contribution in [1.29, 1.82) is 0 Å². The predicted molar refractivity (Wildman–Crippen MR) is 55.6 cm³/mol. The molecule has 4 heteroatoms. The van der Waals surface area contributed by atoms with E-state index >= 15 is 0 Å². The fourth-order valence-corrected chi connectivity index (χ4v) is 1.07. The van der Waals surface area contributed by atoms with E-state index in [1.54, 1.807) is 6.92 Å². The summed E-state index contributed by atoms with van der Waals surface area (Å²) in [5.41, 5.74) is 0. The smallest absolute Gasteiger partial charge is 0.352 e. The van der Waals surface area contributed by atoms with Gasteiger partial charge < -0.3 is 14.6 Å². The summed E-state index contributed by atoms with van der Waals surface area (Å²) in [5, 5.41) is 9.43. The summed E-state index contributed by atoms with van der Waals surface area (Å²) >= 11 is 4.81. The normalized spacial score (nSPS) is 17.3. The Balaban J connectivity index is 3.85. The van der Waals surface area contributed by atoms with Gasteiger partial charge >= 0.3 is 5.24 Å². The largest absolute Gasteiger partial charge is 0.457 e. The highest BCUT2D eigenvalue weighted by Gasteiger charge is 2.19. The zero-order chi connectivity index (χ0) is 10.4. The summed E-state index contributed by atoms with van der Waals surface area (Å²) in [6.07, 6.45) is -0.529. The molecule has 0 saturated heterocycles. The quantitative estimate of drug-likeness (QED) is 0.711. The lowest BCUT2D eigenvalue weighted by Gasteiger charge is -2.23. The Morgan fingerprint density at radius 1 is 1.38 bits per heavy atom. The molecule has 0 saturated carbocycles. The summed E-state index contributed by atoms with van der Waals surface area (Å²) < 4.78 is 10.2. The molecule has 2 unspecified atom stereocenters. The topological polar surface area (TPSA) is 38.7 Å². The molecule has 3 nitrogen and oxygen atoms in total. The van der Waals surface area contributed by atoms with Crippen LogP contribution in [0, 0.1) is 5.92 Å². The van der Waals surface area contributed by atoms with Crippen LogP contribution in [-0.2, 0) is 9.47 Å². The van der Waals surface area contributed by atoms with Crippen LogP contribution in [0.3, 0.4) is 0 Å². The number of ether oxygens (including phenoxy) is 2. The first-order valence-electron chi connectivity index (χ1n) is 4.50. The van der Waals surface area contributed by atoms with E-state index in [4.69, 9.17) is 21.7 Å². The number of hydrogen-bond donors (Lipinski definition) is 1. The lowest BCUT2D eigenvalue weighted by atomic mass is 10.0. The Kier molecular flexibility index (Phi) is 5.99. The van der Waals surface area contributed by atoms with Gasteiger partial charge in [-0.15, -0.1) is 0 Å². The molecule has 0 rings (SSSR count). The van der Waals surface area contributed by atoms with Gasteiger partial charge in [-0.05, 0) is 20.8 Å². The highest BCUT2D eigenvalue weighted by atomic mass is 32.1. The van der Waals surface area contributed by atoms with Gasteiger partial charge in [-0.25, -0.2) is 0 Å². The van der Waals surface area contributed by atoms with Gasteiger partial charge in [-0.1, -0.05) is 6.92 Å². The Labute approximate surface area is 85.0 Å². The Hall–Kier alpha value is -0.350. The minimum Gasteiger partial charge on any atom is -0.457 e. The lowest BCUT2D eigenvalue weighted by molar-refractivity contribution is 0.0316. The van der Waals surface area contributed by atoms with E-state index in [1.165, 1.54) is 0 Å². The van der Waals surface area contributed by atoms with Crippen molar-refractivity contribution in [3.63, 3.8) is 0 Å². The molecule has 78 valence electrons. The summed E-state index contributed by atoms with van der Waals surface area (Å²) in [7, 11) is 0. The summed E-state index contributed by atoms with van der Waals surface area (Å²) in [6, 6.07) is 0. The van der Waals surface area contributed by atoms with Crippen molar-refractivity contribution in [2.45, 2.75) is 39.9 Å². The van der Waals surface area contributed by atoms with Crippen LogP contribution in [0.5, 0.6) is 0 Å².